The van der Waals surface area contributed by atoms with Gasteiger partial charge in [-0.3, -0.25) is 4.79 Å². The zero-order valence-electron chi connectivity index (χ0n) is 16.2. The van der Waals surface area contributed by atoms with Crippen LogP contribution in [-0.4, -0.2) is 51.3 Å². The number of aliphatic carboxylic acids is 1. The van der Waals surface area contributed by atoms with Crippen LogP contribution in [0.5, 0.6) is 5.75 Å². The van der Waals surface area contributed by atoms with Gasteiger partial charge in [0.05, 0.1) is 12.2 Å². The molecule has 0 radical (unpaired) electrons. The zero-order chi connectivity index (χ0) is 21.2. The predicted octanol–water partition coefficient (Wildman–Crippen LogP) is 3.20. The Morgan fingerprint density at radius 2 is 2.07 bits per heavy atom. The number of unbranched alkanes of at least 4 members (excludes halogenated alkanes) is 1. The molecule has 160 valence electrons. The van der Waals surface area contributed by atoms with Gasteiger partial charge in [-0.1, -0.05) is 42.0 Å². The first-order chi connectivity index (χ1) is 13.9. The summed E-state index contributed by atoms with van der Waals surface area (Å²) in [4.78, 5) is 10.5. The van der Waals surface area contributed by atoms with E-state index >= 15 is 0 Å². The van der Waals surface area contributed by atoms with Gasteiger partial charge in [0.1, 0.15) is 18.5 Å². The first-order valence-electron chi connectivity index (χ1n) is 9.84. The molecule has 0 saturated heterocycles. The molecule has 0 aliphatic heterocycles. The molecule has 29 heavy (non-hydrogen) atoms. The Kier molecular flexibility index (Phi) is 9.67. The van der Waals surface area contributed by atoms with Crippen molar-refractivity contribution in [2.24, 2.45) is 11.8 Å². The molecular weight excluding hydrogens is 396 g/mol. The minimum atomic E-state index is -0.855. The summed E-state index contributed by atoms with van der Waals surface area (Å²) in [6.45, 7) is 0.0519. The van der Waals surface area contributed by atoms with Crippen LogP contribution in [0.1, 0.15) is 32.1 Å². The van der Waals surface area contributed by atoms with Crippen molar-refractivity contribution in [2.75, 3.05) is 6.61 Å². The van der Waals surface area contributed by atoms with Crippen LogP contribution in [0.2, 0.25) is 5.02 Å². The smallest absolute Gasteiger partial charge is 0.303 e. The molecule has 5 atom stereocenters. The highest BCUT2D eigenvalue weighted by molar-refractivity contribution is 6.30. The maximum atomic E-state index is 10.5. The number of aliphatic hydroxyl groups excluding tert-OH is 3. The lowest BCUT2D eigenvalue weighted by Gasteiger charge is -2.19. The fraction of sp³-hybridized carbons (Fsp3) is 0.500. The highest BCUT2D eigenvalue weighted by atomic mass is 35.5. The van der Waals surface area contributed by atoms with E-state index in [0.717, 1.165) is 0 Å². The molecule has 7 heteroatoms. The van der Waals surface area contributed by atoms with E-state index in [1.807, 2.05) is 12.2 Å². The monoisotopic (exact) mass is 424 g/mol. The van der Waals surface area contributed by atoms with E-state index in [-0.39, 0.29) is 24.9 Å². The van der Waals surface area contributed by atoms with E-state index in [1.165, 1.54) is 0 Å². The summed E-state index contributed by atoms with van der Waals surface area (Å²) in [5, 5.41) is 39.8. The fourth-order valence-corrected chi connectivity index (χ4v) is 3.68. The third kappa shape index (κ3) is 8.19. The van der Waals surface area contributed by atoms with E-state index in [2.05, 4.69) is 0 Å². The summed E-state index contributed by atoms with van der Waals surface area (Å²) < 4.78 is 5.51. The number of ether oxygens (including phenoxy) is 1. The van der Waals surface area contributed by atoms with Crippen LogP contribution in [-0.2, 0) is 4.79 Å². The Hall–Kier alpha value is -1.86. The van der Waals surface area contributed by atoms with Crippen LogP contribution in [0.3, 0.4) is 0 Å². The van der Waals surface area contributed by atoms with E-state index in [1.54, 1.807) is 36.4 Å². The second-order valence-corrected chi connectivity index (χ2v) is 7.76. The molecule has 0 unspecified atom stereocenters. The fourth-order valence-electron chi connectivity index (χ4n) is 3.50. The van der Waals surface area contributed by atoms with Crippen molar-refractivity contribution < 1.29 is 30.0 Å². The van der Waals surface area contributed by atoms with Gasteiger partial charge >= 0.3 is 5.97 Å². The minimum Gasteiger partial charge on any atom is -0.491 e. The highest BCUT2D eigenvalue weighted by Gasteiger charge is 2.39. The number of hydrogen-bond donors (Lipinski definition) is 4. The molecule has 1 aromatic rings. The summed E-state index contributed by atoms with van der Waals surface area (Å²) >= 11 is 5.90. The quantitative estimate of drug-likeness (QED) is 0.321. The maximum Gasteiger partial charge on any atom is 0.303 e. The van der Waals surface area contributed by atoms with Gasteiger partial charge in [0, 0.05) is 23.8 Å². The second-order valence-electron chi connectivity index (χ2n) is 7.33. The molecule has 1 saturated carbocycles. The van der Waals surface area contributed by atoms with Gasteiger partial charge < -0.3 is 25.2 Å². The normalized spacial score (nSPS) is 25.7. The third-order valence-electron chi connectivity index (χ3n) is 5.02. The maximum absolute atomic E-state index is 10.5. The topological polar surface area (TPSA) is 107 Å². The molecule has 0 spiro atoms. The number of rotatable bonds is 11. The molecular formula is C22H29ClO6. The number of hydrogen-bond acceptors (Lipinski definition) is 5. The van der Waals surface area contributed by atoms with Gasteiger partial charge in [0.15, 0.2) is 0 Å². The Morgan fingerprint density at radius 3 is 2.79 bits per heavy atom. The lowest BCUT2D eigenvalue weighted by atomic mass is 9.89. The largest absolute Gasteiger partial charge is 0.491 e. The van der Waals surface area contributed by atoms with E-state index < -0.39 is 24.3 Å². The van der Waals surface area contributed by atoms with E-state index in [9.17, 15) is 20.1 Å². The lowest BCUT2D eigenvalue weighted by Crippen LogP contribution is -2.21. The molecule has 0 aromatic heterocycles. The predicted molar refractivity (Wildman–Crippen MR) is 111 cm³/mol. The Morgan fingerprint density at radius 1 is 1.28 bits per heavy atom. The number of halogens is 1. The van der Waals surface area contributed by atoms with Crippen LogP contribution in [0.15, 0.2) is 48.6 Å². The number of carbonyl (C=O) groups is 1. The minimum absolute atomic E-state index is 0.0519. The average Bonchev–Trinajstić information content (AvgIpc) is 2.93. The van der Waals surface area contributed by atoms with Crippen molar-refractivity contribution in [3.8, 4) is 5.75 Å². The van der Waals surface area contributed by atoms with Crippen molar-refractivity contribution in [1.29, 1.82) is 0 Å². The molecule has 1 aliphatic carbocycles. The van der Waals surface area contributed by atoms with Crippen molar-refractivity contribution in [2.45, 2.75) is 50.4 Å². The van der Waals surface area contributed by atoms with Gasteiger partial charge in [0.2, 0.25) is 0 Å². The number of benzene rings is 1. The van der Waals surface area contributed by atoms with Crippen molar-refractivity contribution in [3.63, 3.8) is 0 Å². The molecule has 6 nitrogen and oxygen atoms in total. The van der Waals surface area contributed by atoms with Crippen molar-refractivity contribution in [3.05, 3.63) is 53.6 Å². The van der Waals surface area contributed by atoms with Gasteiger partial charge in [-0.15, -0.1) is 0 Å². The number of carboxylic acids is 1. The molecule has 4 N–H and O–H groups in total. The molecule has 1 aromatic carbocycles. The highest BCUT2D eigenvalue weighted by Crippen LogP contribution is 2.36. The molecule has 0 bridgehead atoms. The van der Waals surface area contributed by atoms with Crippen LogP contribution in [0.4, 0.5) is 0 Å². The van der Waals surface area contributed by atoms with Crippen LogP contribution < -0.4 is 4.74 Å². The molecule has 1 aliphatic rings. The number of aliphatic hydroxyl groups is 3. The SMILES string of the molecule is O=C(O)CCCC=CC[C@H]1[C@H](C=C[C@H](O)COc2cccc(Cl)c2)[C@@H](O)C[C@H]1O. The van der Waals surface area contributed by atoms with Crippen LogP contribution in [0.25, 0.3) is 0 Å². The van der Waals surface area contributed by atoms with Crippen molar-refractivity contribution >= 4 is 17.6 Å². The van der Waals surface area contributed by atoms with Crippen LogP contribution in [0, 0.1) is 11.8 Å². The summed E-state index contributed by atoms with van der Waals surface area (Å²) in [6, 6.07) is 6.90. The lowest BCUT2D eigenvalue weighted by molar-refractivity contribution is -0.137. The first kappa shape index (κ1) is 23.4. The second kappa shape index (κ2) is 12.0. The van der Waals surface area contributed by atoms with Gasteiger partial charge in [-0.25, -0.2) is 0 Å². The molecule has 2 rings (SSSR count). The Balaban J connectivity index is 1.83. The average molecular weight is 425 g/mol. The summed E-state index contributed by atoms with van der Waals surface area (Å²) in [5.74, 6) is -0.671. The summed E-state index contributed by atoms with van der Waals surface area (Å²) in [5.41, 5.74) is 0. The Labute approximate surface area is 176 Å². The van der Waals surface area contributed by atoms with Crippen molar-refractivity contribution in [1.82, 2.24) is 0 Å². The number of carboxylic acid groups (broad SMARTS) is 1. The standard InChI is InChI=1S/C22H29ClO6/c23-15-6-5-7-17(12-15)29-14-16(24)10-11-19-18(20(25)13-21(19)26)8-3-1-2-4-9-22(27)28/h1,3,5-7,10-12,16,18-21,24-26H,2,4,8-9,13-14H2,(H,27,28)/t16-,18-,19-,20+,21-/m0/s1. The van der Waals surface area contributed by atoms with E-state index in [4.69, 9.17) is 21.4 Å². The van der Waals surface area contributed by atoms with Gasteiger partial charge in [-0.05, 0) is 43.4 Å². The zero-order valence-corrected chi connectivity index (χ0v) is 17.0. The third-order valence-corrected chi connectivity index (χ3v) is 5.26. The van der Waals surface area contributed by atoms with Gasteiger partial charge in [0.25, 0.3) is 0 Å². The van der Waals surface area contributed by atoms with Crippen LogP contribution >= 0.6 is 11.6 Å². The first-order valence-corrected chi connectivity index (χ1v) is 10.2. The van der Waals surface area contributed by atoms with E-state index in [0.29, 0.717) is 36.5 Å². The van der Waals surface area contributed by atoms with Gasteiger partial charge in [-0.2, -0.15) is 0 Å². The Bertz CT molecular complexity index is 704. The number of allylic oxidation sites excluding steroid dienone is 2. The molecule has 0 amide bonds. The molecule has 1 fully saturated rings. The summed E-state index contributed by atoms with van der Waals surface area (Å²) in [6.07, 6.45) is 7.26. The molecule has 0 heterocycles. The summed E-state index contributed by atoms with van der Waals surface area (Å²) in [7, 11) is 0.